The van der Waals surface area contributed by atoms with Crippen molar-refractivity contribution in [2.45, 2.75) is 52.5 Å². The first kappa shape index (κ1) is 15.7. The van der Waals surface area contributed by atoms with E-state index in [0.717, 1.165) is 0 Å². The van der Waals surface area contributed by atoms with Crippen LogP contribution in [0.3, 0.4) is 0 Å². The minimum absolute atomic E-state index is 0.164. The van der Waals surface area contributed by atoms with Gasteiger partial charge in [0, 0.05) is 6.04 Å². The summed E-state index contributed by atoms with van der Waals surface area (Å²) in [6, 6.07) is 7.03. The summed E-state index contributed by atoms with van der Waals surface area (Å²) in [6.07, 6.45) is 0.531. The second-order valence-corrected chi connectivity index (χ2v) is 6.62. The molecule has 1 atom stereocenters. The van der Waals surface area contributed by atoms with Crippen LogP contribution >= 0.6 is 0 Å². The van der Waals surface area contributed by atoms with E-state index in [4.69, 9.17) is 5.26 Å². The van der Waals surface area contributed by atoms with E-state index in [9.17, 15) is 0 Å². The third kappa shape index (κ3) is 3.58. The predicted molar refractivity (Wildman–Crippen MR) is 81.3 cm³/mol. The zero-order valence-electron chi connectivity index (χ0n) is 13.3. The topological polar surface area (TPSA) is 27.0 Å². The number of aryl methyl sites for hydroxylation is 2. The van der Waals surface area contributed by atoms with Crippen LogP contribution in [-0.2, 0) is 5.41 Å². The van der Waals surface area contributed by atoms with Crippen LogP contribution in [0.25, 0.3) is 0 Å². The molecule has 0 saturated carbocycles. The van der Waals surface area contributed by atoms with Crippen molar-refractivity contribution in [2.75, 3.05) is 14.1 Å². The maximum absolute atomic E-state index is 9.04. The SMILES string of the molecule is Cc1cc(C(C)(C)C)cc(C)c1C(CC#N)N(C)C. The lowest BCUT2D eigenvalue weighted by Crippen LogP contribution is -2.22. The highest BCUT2D eigenvalue weighted by atomic mass is 15.1. The molecule has 1 unspecified atom stereocenters. The highest BCUT2D eigenvalue weighted by Gasteiger charge is 2.21. The van der Waals surface area contributed by atoms with E-state index in [2.05, 4.69) is 57.7 Å². The van der Waals surface area contributed by atoms with Gasteiger partial charge in [0.05, 0.1) is 12.5 Å². The van der Waals surface area contributed by atoms with Gasteiger partial charge in [-0.15, -0.1) is 0 Å². The van der Waals surface area contributed by atoms with Gasteiger partial charge in [-0.25, -0.2) is 0 Å². The average molecular weight is 258 g/mol. The van der Waals surface area contributed by atoms with Crippen LogP contribution in [0, 0.1) is 25.2 Å². The van der Waals surface area contributed by atoms with Crippen molar-refractivity contribution in [3.05, 3.63) is 34.4 Å². The molecule has 2 nitrogen and oxygen atoms in total. The van der Waals surface area contributed by atoms with Crippen LogP contribution in [0.2, 0.25) is 0 Å². The zero-order chi connectivity index (χ0) is 14.8. The molecule has 0 saturated heterocycles. The summed E-state index contributed by atoms with van der Waals surface area (Å²) < 4.78 is 0. The van der Waals surface area contributed by atoms with Gasteiger partial charge >= 0.3 is 0 Å². The van der Waals surface area contributed by atoms with Gasteiger partial charge < -0.3 is 4.90 Å². The zero-order valence-corrected chi connectivity index (χ0v) is 13.3. The van der Waals surface area contributed by atoms with Crippen molar-refractivity contribution in [1.82, 2.24) is 4.90 Å². The molecule has 0 spiro atoms. The first-order chi connectivity index (χ1) is 8.68. The molecular weight excluding hydrogens is 232 g/mol. The van der Waals surface area contributed by atoms with Crippen LogP contribution in [0.1, 0.15) is 55.5 Å². The minimum atomic E-state index is 0.164. The lowest BCUT2D eigenvalue weighted by molar-refractivity contribution is 0.301. The second-order valence-electron chi connectivity index (χ2n) is 6.62. The Morgan fingerprint density at radius 2 is 1.63 bits per heavy atom. The standard InChI is InChI=1S/C17H26N2/c1-12-10-14(17(3,4)5)11-13(2)16(12)15(8-9-18)19(6)7/h10-11,15H,8H2,1-7H3. The first-order valence-electron chi connectivity index (χ1n) is 6.83. The van der Waals surface area contributed by atoms with Gasteiger partial charge in [-0.05, 0) is 55.6 Å². The van der Waals surface area contributed by atoms with E-state index in [1.165, 1.54) is 22.3 Å². The van der Waals surface area contributed by atoms with Gasteiger partial charge in [0.25, 0.3) is 0 Å². The second kappa shape index (κ2) is 5.75. The molecule has 0 fully saturated rings. The average Bonchev–Trinajstić information content (AvgIpc) is 2.25. The molecule has 1 rings (SSSR count). The lowest BCUT2D eigenvalue weighted by Gasteiger charge is -2.28. The maximum Gasteiger partial charge on any atom is 0.0641 e. The fraction of sp³-hybridized carbons (Fsp3) is 0.588. The molecule has 19 heavy (non-hydrogen) atoms. The monoisotopic (exact) mass is 258 g/mol. The number of hydrogen-bond acceptors (Lipinski definition) is 2. The number of benzene rings is 1. The summed E-state index contributed by atoms with van der Waals surface area (Å²) in [5.74, 6) is 0. The van der Waals surface area contributed by atoms with Crippen LogP contribution in [-0.4, -0.2) is 19.0 Å². The van der Waals surface area contributed by atoms with Crippen LogP contribution < -0.4 is 0 Å². The Kier molecular flexibility index (Phi) is 4.76. The van der Waals surface area contributed by atoms with Gasteiger partial charge in [-0.2, -0.15) is 5.26 Å². The van der Waals surface area contributed by atoms with Crippen molar-refractivity contribution >= 4 is 0 Å². The Morgan fingerprint density at radius 1 is 1.16 bits per heavy atom. The van der Waals surface area contributed by atoms with E-state index in [1.807, 2.05) is 14.1 Å². The van der Waals surface area contributed by atoms with Crippen LogP contribution in [0.15, 0.2) is 12.1 Å². The fourth-order valence-corrected chi connectivity index (χ4v) is 2.56. The summed E-state index contributed by atoms with van der Waals surface area (Å²) in [5.41, 5.74) is 5.41. The molecule has 0 aliphatic heterocycles. The van der Waals surface area contributed by atoms with E-state index in [0.29, 0.717) is 6.42 Å². The van der Waals surface area contributed by atoms with Gasteiger partial charge in [-0.3, -0.25) is 0 Å². The fourth-order valence-electron chi connectivity index (χ4n) is 2.56. The normalized spacial score (nSPS) is 13.4. The predicted octanol–water partition coefficient (Wildman–Crippen LogP) is 4.12. The maximum atomic E-state index is 9.04. The Bertz CT molecular complexity index is 464. The summed E-state index contributed by atoms with van der Waals surface area (Å²) in [6.45, 7) is 11.0. The van der Waals surface area contributed by atoms with Gasteiger partial charge in [0.1, 0.15) is 0 Å². The Morgan fingerprint density at radius 3 is 1.95 bits per heavy atom. The summed E-state index contributed by atoms with van der Waals surface area (Å²) in [7, 11) is 4.08. The summed E-state index contributed by atoms with van der Waals surface area (Å²) in [4.78, 5) is 2.13. The molecule has 1 aromatic carbocycles. The third-order valence-electron chi connectivity index (χ3n) is 3.70. The number of nitrogens with zero attached hydrogens (tertiary/aromatic N) is 2. The minimum Gasteiger partial charge on any atom is -0.301 e. The van der Waals surface area contributed by atoms with Crippen molar-refractivity contribution in [3.63, 3.8) is 0 Å². The Balaban J connectivity index is 3.35. The molecule has 0 aromatic heterocycles. The quantitative estimate of drug-likeness (QED) is 0.815. The smallest absolute Gasteiger partial charge is 0.0641 e. The molecular formula is C17H26N2. The first-order valence-corrected chi connectivity index (χ1v) is 6.83. The van der Waals surface area contributed by atoms with E-state index < -0.39 is 0 Å². The van der Waals surface area contributed by atoms with Crippen LogP contribution in [0.5, 0.6) is 0 Å². The van der Waals surface area contributed by atoms with Crippen molar-refractivity contribution in [3.8, 4) is 6.07 Å². The molecule has 104 valence electrons. The number of nitriles is 1. The van der Waals surface area contributed by atoms with Crippen molar-refractivity contribution in [2.24, 2.45) is 0 Å². The van der Waals surface area contributed by atoms with E-state index >= 15 is 0 Å². The third-order valence-corrected chi connectivity index (χ3v) is 3.70. The Hall–Kier alpha value is -1.33. The highest BCUT2D eigenvalue weighted by molar-refractivity contribution is 5.42. The van der Waals surface area contributed by atoms with E-state index in [1.54, 1.807) is 0 Å². The molecule has 0 heterocycles. The number of rotatable bonds is 3. The van der Waals surface area contributed by atoms with Crippen molar-refractivity contribution < 1.29 is 0 Å². The Labute approximate surface area is 118 Å². The largest absolute Gasteiger partial charge is 0.301 e. The molecule has 2 heteroatoms. The molecule has 0 aliphatic carbocycles. The molecule has 0 radical (unpaired) electrons. The molecule has 0 aliphatic rings. The molecule has 0 N–H and O–H groups in total. The van der Waals surface area contributed by atoms with E-state index in [-0.39, 0.29) is 11.5 Å². The summed E-state index contributed by atoms with van der Waals surface area (Å²) in [5, 5.41) is 9.04. The molecule has 0 bridgehead atoms. The van der Waals surface area contributed by atoms with Crippen molar-refractivity contribution in [1.29, 1.82) is 5.26 Å². The van der Waals surface area contributed by atoms with Crippen LogP contribution in [0.4, 0.5) is 0 Å². The van der Waals surface area contributed by atoms with Gasteiger partial charge in [-0.1, -0.05) is 32.9 Å². The molecule has 1 aromatic rings. The summed E-state index contributed by atoms with van der Waals surface area (Å²) >= 11 is 0. The molecule has 0 amide bonds. The lowest BCUT2D eigenvalue weighted by atomic mass is 9.82. The highest BCUT2D eigenvalue weighted by Crippen LogP contribution is 2.32. The number of hydrogen-bond donors (Lipinski definition) is 0. The van der Waals surface area contributed by atoms with Gasteiger partial charge in [0.15, 0.2) is 0 Å². The van der Waals surface area contributed by atoms with Gasteiger partial charge in [0.2, 0.25) is 0 Å².